The number of fused-ring (bicyclic) bond motifs is 1. The van der Waals surface area contributed by atoms with Gasteiger partial charge in [-0.05, 0) is 31.0 Å². The molecule has 1 aromatic carbocycles. The molecule has 0 fully saturated rings. The zero-order valence-electron chi connectivity index (χ0n) is 9.08. The summed E-state index contributed by atoms with van der Waals surface area (Å²) in [6, 6.07) is 6.47. The molecule has 1 heterocycles. The number of hydrogen-bond donors (Lipinski definition) is 0. The van der Waals surface area contributed by atoms with E-state index in [-0.39, 0.29) is 0 Å². The van der Waals surface area contributed by atoms with Crippen molar-refractivity contribution in [2.24, 2.45) is 0 Å². The second-order valence-electron chi connectivity index (χ2n) is 3.61. The first-order valence-corrected chi connectivity index (χ1v) is 5.83. The van der Waals surface area contributed by atoms with E-state index < -0.39 is 0 Å². The van der Waals surface area contributed by atoms with Crippen LogP contribution in [0, 0.1) is 13.8 Å². The summed E-state index contributed by atoms with van der Waals surface area (Å²) in [4.78, 5) is 1.37. The standard InChI is InChI=1S/C14H14S/c1-4-5-8-12-11(3)15-13-9-6-7-10(2)14(12)13/h4-9H,1H2,2-3H3/b8-5-. The van der Waals surface area contributed by atoms with Gasteiger partial charge in [-0.3, -0.25) is 0 Å². The molecule has 76 valence electrons. The van der Waals surface area contributed by atoms with E-state index in [1.807, 2.05) is 23.5 Å². The number of hydrogen-bond acceptors (Lipinski definition) is 1. The van der Waals surface area contributed by atoms with E-state index >= 15 is 0 Å². The van der Waals surface area contributed by atoms with Crippen LogP contribution < -0.4 is 0 Å². The first kappa shape index (κ1) is 10.2. The smallest absolute Gasteiger partial charge is 0.0354 e. The van der Waals surface area contributed by atoms with Gasteiger partial charge in [-0.2, -0.15) is 0 Å². The minimum atomic E-state index is 1.34. The summed E-state index contributed by atoms with van der Waals surface area (Å²) in [5.74, 6) is 0. The Morgan fingerprint density at radius 1 is 1.27 bits per heavy atom. The molecule has 0 saturated carbocycles. The summed E-state index contributed by atoms with van der Waals surface area (Å²) in [5, 5.41) is 1.39. The molecule has 0 N–H and O–H groups in total. The molecule has 0 nitrogen and oxygen atoms in total. The fraction of sp³-hybridized carbons (Fsp3) is 0.143. The molecule has 0 aliphatic carbocycles. The van der Waals surface area contributed by atoms with Crippen LogP contribution in [0.5, 0.6) is 0 Å². The lowest BCUT2D eigenvalue weighted by Crippen LogP contribution is -1.76. The molecular formula is C14H14S. The van der Waals surface area contributed by atoms with Crippen molar-refractivity contribution in [3.63, 3.8) is 0 Å². The van der Waals surface area contributed by atoms with E-state index in [1.54, 1.807) is 0 Å². The second-order valence-corrected chi connectivity index (χ2v) is 4.87. The molecule has 15 heavy (non-hydrogen) atoms. The molecule has 0 unspecified atom stereocenters. The van der Waals surface area contributed by atoms with Gasteiger partial charge in [-0.15, -0.1) is 11.3 Å². The van der Waals surface area contributed by atoms with Crippen molar-refractivity contribution in [3.05, 3.63) is 52.9 Å². The van der Waals surface area contributed by atoms with Crippen LogP contribution in [0.1, 0.15) is 16.0 Å². The summed E-state index contributed by atoms with van der Waals surface area (Å²) in [5.41, 5.74) is 2.69. The van der Waals surface area contributed by atoms with Crippen LogP contribution in [-0.4, -0.2) is 0 Å². The molecule has 0 saturated heterocycles. The average Bonchev–Trinajstić information content (AvgIpc) is 2.53. The van der Waals surface area contributed by atoms with Crippen molar-refractivity contribution in [1.82, 2.24) is 0 Å². The van der Waals surface area contributed by atoms with Crippen molar-refractivity contribution in [2.75, 3.05) is 0 Å². The van der Waals surface area contributed by atoms with E-state index in [0.29, 0.717) is 0 Å². The lowest BCUT2D eigenvalue weighted by atomic mass is 10.1. The third-order valence-electron chi connectivity index (χ3n) is 2.55. The molecule has 2 rings (SSSR count). The minimum absolute atomic E-state index is 1.34. The molecular weight excluding hydrogens is 200 g/mol. The maximum absolute atomic E-state index is 3.71. The monoisotopic (exact) mass is 214 g/mol. The first-order chi connectivity index (χ1) is 7.24. The fourth-order valence-corrected chi connectivity index (χ4v) is 2.96. The maximum Gasteiger partial charge on any atom is 0.0354 e. The maximum atomic E-state index is 3.71. The number of thiophene rings is 1. The number of benzene rings is 1. The predicted octanol–water partition coefficient (Wildman–Crippen LogP) is 4.72. The number of allylic oxidation sites excluding steroid dienone is 2. The molecule has 0 atom stereocenters. The minimum Gasteiger partial charge on any atom is -0.140 e. The lowest BCUT2D eigenvalue weighted by Gasteiger charge is -1.97. The lowest BCUT2D eigenvalue weighted by molar-refractivity contribution is 1.52. The van der Waals surface area contributed by atoms with Gasteiger partial charge in [0.1, 0.15) is 0 Å². The third-order valence-corrected chi connectivity index (χ3v) is 3.63. The second kappa shape index (κ2) is 4.03. The van der Waals surface area contributed by atoms with Gasteiger partial charge in [0.25, 0.3) is 0 Å². The zero-order chi connectivity index (χ0) is 10.8. The van der Waals surface area contributed by atoms with Crippen LogP contribution in [-0.2, 0) is 0 Å². The van der Waals surface area contributed by atoms with E-state index in [0.717, 1.165) is 0 Å². The van der Waals surface area contributed by atoms with Crippen LogP contribution >= 0.6 is 11.3 Å². The van der Waals surface area contributed by atoms with Gasteiger partial charge in [0.15, 0.2) is 0 Å². The quantitative estimate of drug-likeness (QED) is 0.635. The molecule has 0 spiro atoms. The van der Waals surface area contributed by atoms with Gasteiger partial charge < -0.3 is 0 Å². The molecule has 0 radical (unpaired) electrons. The molecule has 0 amide bonds. The van der Waals surface area contributed by atoms with Crippen LogP contribution in [0.15, 0.2) is 36.9 Å². The third kappa shape index (κ3) is 1.75. The van der Waals surface area contributed by atoms with Gasteiger partial charge in [0, 0.05) is 15.0 Å². The summed E-state index contributed by atoms with van der Waals surface area (Å²) in [7, 11) is 0. The van der Waals surface area contributed by atoms with E-state index in [9.17, 15) is 0 Å². The molecule has 0 bridgehead atoms. The molecule has 0 aliphatic heterocycles. The summed E-state index contributed by atoms with van der Waals surface area (Å²) < 4.78 is 1.37. The highest BCUT2D eigenvalue weighted by molar-refractivity contribution is 7.19. The zero-order valence-corrected chi connectivity index (χ0v) is 9.90. The first-order valence-electron chi connectivity index (χ1n) is 5.02. The van der Waals surface area contributed by atoms with Crippen molar-refractivity contribution in [2.45, 2.75) is 13.8 Å². The van der Waals surface area contributed by atoms with E-state index in [1.165, 1.54) is 26.1 Å². The Hall–Kier alpha value is -1.34. The van der Waals surface area contributed by atoms with Crippen molar-refractivity contribution < 1.29 is 0 Å². The largest absolute Gasteiger partial charge is 0.140 e. The van der Waals surface area contributed by atoms with Crippen LogP contribution in [0.2, 0.25) is 0 Å². The molecule has 0 aliphatic rings. The van der Waals surface area contributed by atoms with Gasteiger partial charge in [0.05, 0.1) is 0 Å². The highest BCUT2D eigenvalue weighted by Gasteiger charge is 2.07. The Morgan fingerprint density at radius 3 is 2.80 bits per heavy atom. The molecule has 1 aromatic heterocycles. The normalized spacial score (nSPS) is 11.3. The fourth-order valence-electron chi connectivity index (χ4n) is 1.83. The predicted molar refractivity (Wildman–Crippen MR) is 70.5 cm³/mol. The Balaban J connectivity index is 2.76. The number of rotatable bonds is 2. The molecule has 2 aromatic rings. The van der Waals surface area contributed by atoms with E-state index in [2.05, 4.69) is 44.7 Å². The Labute approximate surface area is 94.6 Å². The van der Waals surface area contributed by atoms with Crippen LogP contribution in [0.4, 0.5) is 0 Å². The van der Waals surface area contributed by atoms with Gasteiger partial charge in [-0.25, -0.2) is 0 Å². The van der Waals surface area contributed by atoms with Crippen LogP contribution in [0.3, 0.4) is 0 Å². The highest BCUT2D eigenvalue weighted by atomic mass is 32.1. The van der Waals surface area contributed by atoms with Gasteiger partial charge >= 0.3 is 0 Å². The average molecular weight is 214 g/mol. The summed E-state index contributed by atoms with van der Waals surface area (Å²) in [6.07, 6.45) is 5.97. The van der Waals surface area contributed by atoms with E-state index in [4.69, 9.17) is 0 Å². The highest BCUT2D eigenvalue weighted by Crippen LogP contribution is 2.33. The van der Waals surface area contributed by atoms with Crippen molar-refractivity contribution >= 4 is 27.5 Å². The summed E-state index contributed by atoms with van der Waals surface area (Å²) >= 11 is 1.86. The van der Waals surface area contributed by atoms with Gasteiger partial charge in [0.2, 0.25) is 0 Å². The summed E-state index contributed by atoms with van der Waals surface area (Å²) in [6.45, 7) is 8.05. The Kier molecular flexibility index (Phi) is 2.74. The molecule has 1 heteroatoms. The Morgan fingerprint density at radius 2 is 2.07 bits per heavy atom. The topological polar surface area (TPSA) is 0 Å². The van der Waals surface area contributed by atoms with Crippen molar-refractivity contribution in [3.8, 4) is 0 Å². The van der Waals surface area contributed by atoms with Crippen molar-refractivity contribution in [1.29, 1.82) is 0 Å². The van der Waals surface area contributed by atoms with Crippen LogP contribution in [0.25, 0.3) is 16.2 Å². The Bertz CT molecular complexity index is 530. The SMILES string of the molecule is C=C/C=C\c1c(C)sc2cccc(C)c12. The van der Waals surface area contributed by atoms with Gasteiger partial charge in [-0.1, -0.05) is 36.9 Å². The number of aryl methyl sites for hydroxylation is 2.